The average molecular weight is 283 g/mol. The minimum atomic E-state index is -3.50. The highest BCUT2D eigenvalue weighted by Crippen LogP contribution is 2.25. The Morgan fingerprint density at radius 1 is 1.25 bits per heavy atom. The fraction of sp³-hybridized carbons (Fsp3) is 0.400. The molecule has 0 aliphatic carbocycles. The SMILES string of the molecule is Cc1cc(OCCS(=O)(=O)Cl)cc(C)c1Cl. The van der Waals surface area contributed by atoms with Crippen molar-refractivity contribution in [1.29, 1.82) is 0 Å². The molecule has 16 heavy (non-hydrogen) atoms. The zero-order valence-corrected chi connectivity index (χ0v) is 11.3. The van der Waals surface area contributed by atoms with Crippen LogP contribution < -0.4 is 4.74 Å². The van der Waals surface area contributed by atoms with Crippen LogP contribution in [0.25, 0.3) is 0 Å². The van der Waals surface area contributed by atoms with Gasteiger partial charge < -0.3 is 4.74 Å². The molecule has 0 fully saturated rings. The molecule has 0 saturated carbocycles. The van der Waals surface area contributed by atoms with Crippen LogP contribution in [0.4, 0.5) is 0 Å². The van der Waals surface area contributed by atoms with E-state index >= 15 is 0 Å². The second-order valence-corrected chi connectivity index (χ2v) is 6.74. The number of benzene rings is 1. The molecule has 3 nitrogen and oxygen atoms in total. The third-order valence-corrected chi connectivity index (χ3v) is 3.72. The predicted molar refractivity (Wildman–Crippen MR) is 66.1 cm³/mol. The Bertz CT molecular complexity index is 460. The van der Waals surface area contributed by atoms with Gasteiger partial charge in [-0.2, -0.15) is 0 Å². The van der Waals surface area contributed by atoms with Gasteiger partial charge in [0, 0.05) is 15.7 Å². The highest BCUT2D eigenvalue weighted by atomic mass is 35.7. The lowest BCUT2D eigenvalue weighted by molar-refractivity contribution is 0.341. The predicted octanol–water partition coefficient (Wildman–Crippen LogP) is 2.90. The van der Waals surface area contributed by atoms with Crippen LogP contribution in [0.2, 0.25) is 5.02 Å². The van der Waals surface area contributed by atoms with Gasteiger partial charge >= 0.3 is 0 Å². The molecular formula is C10H12Cl2O3S. The summed E-state index contributed by atoms with van der Waals surface area (Å²) in [6, 6.07) is 3.52. The van der Waals surface area contributed by atoms with Crippen molar-refractivity contribution in [3.63, 3.8) is 0 Å². The second kappa shape index (κ2) is 5.25. The van der Waals surface area contributed by atoms with E-state index in [9.17, 15) is 8.42 Å². The summed E-state index contributed by atoms with van der Waals surface area (Å²) in [5, 5.41) is 0.692. The molecule has 0 spiro atoms. The van der Waals surface area contributed by atoms with Crippen LogP contribution in [-0.4, -0.2) is 20.8 Å². The molecule has 1 aromatic rings. The third-order valence-electron chi connectivity index (χ3n) is 2.01. The Labute approximate surface area is 105 Å². The summed E-state index contributed by atoms with van der Waals surface area (Å²) in [4.78, 5) is 0. The summed E-state index contributed by atoms with van der Waals surface area (Å²) in [6.07, 6.45) is 0. The van der Waals surface area contributed by atoms with E-state index in [0.29, 0.717) is 10.8 Å². The Morgan fingerprint density at radius 2 is 1.75 bits per heavy atom. The molecule has 0 radical (unpaired) electrons. The zero-order valence-electron chi connectivity index (χ0n) is 8.96. The Kier molecular flexibility index (Phi) is 4.47. The molecule has 0 saturated heterocycles. The largest absolute Gasteiger partial charge is 0.492 e. The number of hydrogen-bond donors (Lipinski definition) is 0. The van der Waals surface area contributed by atoms with E-state index < -0.39 is 9.05 Å². The molecule has 0 N–H and O–H groups in total. The van der Waals surface area contributed by atoms with Crippen molar-refractivity contribution in [2.45, 2.75) is 13.8 Å². The lowest BCUT2D eigenvalue weighted by Crippen LogP contribution is -2.08. The maximum absolute atomic E-state index is 10.7. The van der Waals surface area contributed by atoms with Crippen molar-refractivity contribution < 1.29 is 13.2 Å². The summed E-state index contributed by atoms with van der Waals surface area (Å²) >= 11 is 5.98. The summed E-state index contributed by atoms with van der Waals surface area (Å²) < 4.78 is 26.6. The standard InChI is InChI=1S/C10H12Cl2O3S/c1-7-5-9(6-8(2)10(7)11)15-3-4-16(12,13)14/h5-6H,3-4H2,1-2H3. The Morgan fingerprint density at radius 3 is 2.19 bits per heavy atom. The lowest BCUT2D eigenvalue weighted by Gasteiger charge is -2.09. The highest BCUT2D eigenvalue weighted by Gasteiger charge is 2.07. The van der Waals surface area contributed by atoms with Gasteiger partial charge in [0.05, 0.1) is 5.75 Å². The van der Waals surface area contributed by atoms with Crippen LogP contribution in [0.15, 0.2) is 12.1 Å². The first-order chi connectivity index (χ1) is 7.29. The summed E-state index contributed by atoms with van der Waals surface area (Å²) in [7, 11) is 1.56. The van der Waals surface area contributed by atoms with Gasteiger partial charge in [0.25, 0.3) is 0 Å². The topological polar surface area (TPSA) is 43.4 Å². The van der Waals surface area contributed by atoms with Gasteiger partial charge in [-0.1, -0.05) is 11.6 Å². The highest BCUT2D eigenvalue weighted by molar-refractivity contribution is 8.13. The van der Waals surface area contributed by atoms with Crippen LogP contribution in [0.5, 0.6) is 5.75 Å². The van der Waals surface area contributed by atoms with Crippen molar-refractivity contribution in [2.24, 2.45) is 0 Å². The van der Waals surface area contributed by atoms with Gasteiger partial charge in [-0.3, -0.25) is 0 Å². The van der Waals surface area contributed by atoms with Gasteiger partial charge in [0.2, 0.25) is 9.05 Å². The number of aryl methyl sites for hydroxylation is 2. The van der Waals surface area contributed by atoms with Gasteiger partial charge in [-0.25, -0.2) is 8.42 Å². The number of hydrogen-bond acceptors (Lipinski definition) is 3. The molecule has 0 bridgehead atoms. The van der Waals surface area contributed by atoms with E-state index in [1.807, 2.05) is 13.8 Å². The second-order valence-electron chi connectivity index (χ2n) is 3.46. The van der Waals surface area contributed by atoms with E-state index in [4.69, 9.17) is 27.0 Å². The van der Waals surface area contributed by atoms with E-state index in [-0.39, 0.29) is 12.4 Å². The Hall–Kier alpha value is -0.450. The monoisotopic (exact) mass is 282 g/mol. The first-order valence-corrected chi connectivity index (χ1v) is 7.47. The molecule has 6 heteroatoms. The number of ether oxygens (including phenoxy) is 1. The minimum Gasteiger partial charge on any atom is -0.492 e. The van der Waals surface area contributed by atoms with E-state index in [2.05, 4.69) is 0 Å². The van der Waals surface area contributed by atoms with Crippen molar-refractivity contribution in [2.75, 3.05) is 12.4 Å². The molecule has 0 aromatic heterocycles. The van der Waals surface area contributed by atoms with Gasteiger partial charge in [0.15, 0.2) is 0 Å². The summed E-state index contributed by atoms with van der Waals surface area (Å²) in [5.41, 5.74) is 1.79. The maximum atomic E-state index is 10.7. The van der Waals surface area contributed by atoms with Crippen molar-refractivity contribution in [3.8, 4) is 5.75 Å². The van der Waals surface area contributed by atoms with E-state index in [1.165, 1.54) is 0 Å². The van der Waals surface area contributed by atoms with Crippen molar-refractivity contribution in [1.82, 2.24) is 0 Å². The molecule has 0 heterocycles. The quantitative estimate of drug-likeness (QED) is 0.798. The van der Waals surface area contributed by atoms with E-state index in [0.717, 1.165) is 11.1 Å². The molecule has 0 unspecified atom stereocenters. The van der Waals surface area contributed by atoms with Gasteiger partial charge in [0.1, 0.15) is 12.4 Å². The fourth-order valence-electron chi connectivity index (χ4n) is 1.25. The number of halogens is 2. The minimum absolute atomic E-state index is 0.0341. The van der Waals surface area contributed by atoms with Crippen LogP contribution >= 0.6 is 22.3 Å². The summed E-state index contributed by atoms with van der Waals surface area (Å²) in [6.45, 7) is 3.76. The molecule has 0 aliphatic heterocycles. The smallest absolute Gasteiger partial charge is 0.235 e. The zero-order chi connectivity index (χ0) is 12.3. The Balaban J connectivity index is 2.69. The molecular weight excluding hydrogens is 271 g/mol. The fourth-order valence-corrected chi connectivity index (χ4v) is 1.83. The molecule has 90 valence electrons. The van der Waals surface area contributed by atoms with E-state index in [1.54, 1.807) is 12.1 Å². The van der Waals surface area contributed by atoms with Gasteiger partial charge in [-0.15, -0.1) is 0 Å². The summed E-state index contributed by atoms with van der Waals surface area (Å²) in [5.74, 6) is 0.384. The first kappa shape index (κ1) is 13.6. The maximum Gasteiger partial charge on any atom is 0.235 e. The van der Waals surface area contributed by atoms with Crippen LogP contribution in [0.1, 0.15) is 11.1 Å². The molecule has 1 aromatic carbocycles. The average Bonchev–Trinajstić information content (AvgIpc) is 2.12. The van der Waals surface area contributed by atoms with Crippen molar-refractivity contribution in [3.05, 3.63) is 28.3 Å². The van der Waals surface area contributed by atoms with Crippen LogP contribution in [-0.2, 0) is 9.05 Å². The third kappa shape index (κ3) is 4.20. The molecule has 0 atom stereocenters. The molecule has 0 aliphatic rings. The normalized spacial score (nSPS) is 11.5. The molecule has 0 amide bonds. The number of rotatable bonds is 4. The first-order valence-electron chi connectivity index (χ1n) is 4.61. The van der Waals surface area contributed by atoms with Gasteiger partial charge in [-0.05, 0) is 37.1 Å². The van der Waals surface area contributed by atoms with Crippen LogP contribution in [0, 0.1) is 13.8 Å². The van der Waals surface area contributed by atoms with Crippen LogP contribution in [0.3, 0.4) is 0 Å². The van der Waals surface area contributed by atoms with Crippen molar-refractivity contribution >= 4 is 31.3 Å². The molecule has 1 rings (SSSR count). The lowest BCUT2D eigenvalue weighted by atomic mass is 10.1.